The molecule has 108 valence electrons. The van der Waals surface area contributed by atoms with Crippen LogP contribution in [0.15, 0.2) is 30.3 Å². The molecule has 1 aromatic carbocycles. The van der Waals surface area contributed by atoms with Crippen molar-refractivity contribution < 1.29 is 9.53 Å². The fraction of sp³-hybridized carbons (Fsp3) is 0.562. The quantitative estimate of drug-likeness (QED) is 0.917. The van der Waals surface area contributed by atoms with Crippen LogP contribution in [0.5, 0.6) is 0 Å². The van der Waals surface area contributed by atoms with Gasteiger partial charge >= 0.3 is 6.09 Å². The Morgan fingerprint density at radius 1 is 1.25 bits per heavy atom. The van der Waals surface area contributed by atoms with Crippen LogP contribution in [-0.2, 0) is 11.3 Å². The van der Waals surface area contributed by atoms with Crippen molar-refractivity contribution in [1.82, 2.24) is 10.2 Å². The van der Waals surface area contributed by atoms with E-state index < -0.39 is 0 Å². The van der Waals surface area contributed by atoms with Gasteiger partial charge in [-0.25, -0.2) is 4.79 Å². The Bertz CT molecular complexity index is 445. The lowest BCUT2D eigenvalue weighted by Gasteiger charge is -2.32. The summed E-state index contributed by atoms with van der Waals surface area (Å²) in [6.45, 7) is 2.50. The first-order chi connectivity index (χ1) is 9.81. The van der Waals surface area contributed by atoms with Gasteiger partial charge in [0.15, 0.2) is 0 Å². The summed E-state index contributed by atoms with van der Waals surface area (Å²) < 4.78 is 5.27. The van der Waals surface area contributed by atoms with E-state index in [9.17, 15) is 4.79 Å². The van der Waals surface area contributed by atoms with Crippen LogP contribution in [0.4, 0.5) is 4.79 Å². The van der Waals surface area contributed by atoms with Gasteiger partial charge in [-0.3, -0.25) is 4.90 Å². The zero-order valence-electron chi connectivity index (χ0n) is 11.8. The molecule has 1 aromatic rings. The summed E-state index contributed by atoms with van der Waals surface area (Å²) >= 11 is 0. The summed E-state index contributed by atoms with van der Waals surface area (Å²) in [4.78, 5) is 14.3. The van der Waals surface area contributed by atoms with E-state index in [1.165, 1.54) is 25.8 Å². The SMILES string of the molecule is O=C(N[C@H]1CCCN(C2CC2)C1)OCc1ccccc1. The van der Waals surface area contributed by atoms with Crippen LogP contribution in [0.1, 0.15) is 31.2 Å². The number of nitrogens with one attached hydrogen (secondary N) is 1. The number of amides is 1. The highest BCUT2D eigenvalue weighted by molar-refractivity contribution is 5.67. The van der Waals surface area contributed by atoms with Gasteiger partial charge in [0.1, 0.15) is 6.61 Å². The molecule has 0 aromatic heterocycles. The van der Waals surface area contributed by atoms with E-state index in [1.54, 1.807) is 0 Å². The summed E-state index contributed by atoms with van der Waals surface area (Å²) in [5.74, 6) is 0. The van der Waals surface area contributed by atoms with Crippen molar-refractivity contribution in [3.05, 3.63) is 35.9 Å². The smallest absolute Gasteiger partial charge is 0.407 e. The predicted octanol–water partition coefficient (Wildman–Crippen LogP) is 2.54. The van der Waals surface area contributed by atoms with Crippen LogP contribution in [-0.4, -0.2) is 36.2 Å². The van der Waals surface area contributed by atoms with Crippen molar-refractivity contribution in [3.63, 3.8) is 0 Å². The Balaban J connectivity index is 1.41. The standard InChI is InChI=1S/C16H22N2O2/c19-16(20-12-13-5-2-1-3-6-13)17-14-7-4-10-18(11-14)15-8-9-15/h1-3,5-6,14-15H,4,7-12H2,(H,17,19)/t14-/m0/s1. The van der Waals surface area contributed by atoms with Gasteiger partial charge in [0.25, 0.3) is 0 Å². The second-order valence-electron chi connectivity index (χ2n) is 5.77. The van der Waals surface area contributed by atoms with E-state index in [0.717, 1.165) is 24.6 Å². The fourth-order valence-corrected chi connectivity index (χ4v) is 2.83. The van der Waals surface area contributed by atoms with Gasteiger partial charge in [-0.05, 0) is 37.8 Å². The number of carbonyl (C=O) groups excluding carboxylic acids is 1. The molecular weight excluding hydrogens is 252 g/mol. The third-order valence-electron chi connectivity index (χ3n) is 4.05. The molecule has 1 amide bonds. The normalized spacial score (nSPS) is 23.3. The topological polar surface area (TPSA) is 41.6 Å². The molecule has 1 heterocycles. The molecule has 1 saturated heterocycles. The number of rotatable bonds is 4. The molecule has 1 atom stereocenters. The lowest BCUT2D eigenvalue weighted by molar-refractivity contribution is 0.122. The lowest BCUT2D eigenvalue weighted by atomic mass is 10.1. The summed E-state index contributed by atoms with van der Waals surface area (Å²) in [6.07, 6.45) is 4.58. The molecule has 1 aliphatic carbocycles. The highest BCUT2D eigenvalue weighted by Gasteiger charge is 2.32. The minimum absolute atomic E-state index is 0.243. The fourth-order valence-electron chi connectivity index (χ4n) is 2.83. The van der Waals surface area contributed by atoms with Crippen LogP contribution in [0, 0.1) is 0 Å². The first-order valence-electron chi connectivity index (χ1n) is 7.52. The first kappa shape index (κ1) is 13.4. The van der Waals surface area contributed by atoms with Gasteiger partial charge in [-0.15, -0.1) is 0 Å². The molecule has 1 N–H and O–H groups in total. The van der Waals surface area contributed by atoms with E-state index in [2.05, 4.69) is 10.2 Å². The Kier molecular flexibility index (Phi) is 4.21. The number of ether oxygens (including phenoxy) is 1. The molecule has 4 nitrogen and oxygen atoms in total. The van der Waals surface area contributed by atoms with Crippen molar-refractivity contribution in [2.24, 2.45) is 0 Å². The maximum Gasteiger partial charge on any atom is 0.407 e. The first-order valence-corrected chi connectivity index (χ1v) is 7.52. The average molecular weight is 274 g/mol. The van der Waals surface area contributed by atoms with Gasteiger partial charge in [-0.1, -0.05) is 30.3 Å². The van der Waals surface area contributed by atoms with Gasteiger partial charge in [0.05, 0.1) is 0 Å². The molecule has 2 aliphatic rings. The zero-order chi connectivity index (χ0) is 13.8. The molecule has 20 heavy (non-hydrogen) atoms. The van der Waals surface area contributed by atoms with Crippen molar-refractivity contribution >= 4 is 6.09 Å². The molecular formula is C16H22N2O2. The highest BCUT2D eigenvalue weighted by atomic mass is 16.5. The summed E-state index contributed by atoms with van der Waals surface area (Å²) in [7, 11) is 0. The Morgan fingerprint density at radius 3 is 2.80 bits per heavy atom. The zero-order valence-corrected chi connectivity index (χ0v) is 11.8. The van der Waals surface area contributed by atoms with Gasteiger partial charge in [0, 0.05) is 18.6 Å². The molecule has 4 heteroatoms. The van der Waals surface area contributed by atoms with Gasteiger partial charge in [0.2, 0.25) is 0 Å². The number of nitrogens with zero attached hydrogens (tertiary/aromatic N) is 1. The molecule has 0 bridgehead atoms. The number of piperidine rings is 1. The number of hydrogen-bond donors (Lipinski definition) is 1. The number of carbonyl (C=O) groups is 1. The second kappa shape index (κ2) is 6.27. The number of hydrogen-bond acceptors (Lipinski definition) is 3. The Labute approximate surface area is 120 Å². The van der Waals surface area contributed by atoms with E-state index in [4.69, 9.17) is 4.74 Å². The summed E-state index contributed by atoms with van der Waals surface area (Å²) in [5, 5.41) is 3.00. The van der Waals surface area contributed by atoms with Crippen LogP contribution in [0.25, 0.3) is 0 Å². The van der Waals surface area contributed by atoms with Crippen molar-refractivity contribution in [2.45, 2.75) is 44.4 Å². The molecule has 0 radical (unpaired) electrons. The monoisotopic (exact) mass is 274 g/mol. The summed E-state index contributed by atoms with van der Waals surface area (Å²) in [6, 6.07) is 10.8. The molecule has 1 saturated carbocycles. The second-order valence-corrected chi connectivity index (χ2v) is 5.77. The van der Waals surface area contributed by atoms with E-state index in [-0.39, 0.29) is 12.1 Å². The van der Waals surface area contributed by atoms with Crippen LogP contribution in [0.3, 0.4) is 0 Å². The molecule has 0 unspecified atom stereocenters. The third-order valence-corrected chi connectivity index (χ3v) is 4.05. The van der Waals surface area contributed by atoms with Crippen LogP contribution in [0.2, 0.25) is 0 Å². The van der Waals surface area contributed by atoms with Crippen LogP contribution >= 0.6 is 0 Å². The van der Waals surface area contributed by atoms with E-state index >= 15 is 0 Å². The molecule has 0 spiro atoms. The largest absolute Gasteiger partial charge is 0.445 e. The molecule has 1 aliphatic heterocycles. The van der Waals surface area contributed by atoms with Crippen LogP contribution < -0.4 is 5.32 Å². The van der Waals surface area contributed by atoms with Crippen molar-refractivity contribution in [2.75, 3.05) is 13.1 Å². The average Bonchev–Trinajstić information content (AvgIpc) is 3.31. The van der Waals surface area contributed by atoms with Crippen molar-refractivity contribution in [3.8, 4) is 0 Å². The highest BCUT2D eigenvalue weighted by Crippen LogP contribution is 2.29. The maximum atomic E-state index is 11.8. The van der Waals surface area contributed by atoms with E-state index in [1.807, 2.05) is 30.3 Å². The minimum atomic E-state index is -0.295. The minimum Gasteiger partial charge on any atom is -0.445 e. The van der Waals surface area contributed by atoms with E-state index in [0.29, 0.717) is 6.61 Å². The predicted molar refractivity (Wildman–Crippen MR) is 77.4 cm³/mol. The number of benzene rings is 1. The Hall–Kier alpha value is -1.55. The lowest BCUT2D eigenvalue weighted by Crippen LogP contribution is -2.48. The number of likely N-dealkylation sites (tertiary alicyclic amines) is 1. The maximum absolute atomic E-state index is 11.8. The van der Waals surface area contributed by atoms with Crippen molar-refractivity contribution in [1.29, 1.82) is 0 Å². The molecule has 2 fully saturated rings. The van der Waals surface area contributed by atoms with Gasteiger partial charge < -0.3 is 10.1 Å². The Morgan fingerprint density at radius 2 is 2.05 bits per heavy atom. The summed E-state index contributed by atoms with van der Waals surface area (Å²) in [5.41, 5.74) is 1.02. The third kappa shape index (κ3) is 3.73. The van der Waals surface area contributed by atoms with Gasteiger partial charge in [-0.2, -0.15) is 0 Å². The number of alkyl carbamates (subject to hydrolysis) is 1. The molecule has 3 rings (SSSR count).